The summed E-state index contributed by atoms with van der Waals surface area (Å²) in [6, 6.07) is 15.0. The van der Waals surface area contributed by atoms with Gasteiger partial charge in [0, 0.05) is 34.9 Å². The van der Waals surface area contributed by atoms with E-state index < -0.39 is 5.91 Å². The molecule has 0 aliphatic carbocycles. The monoisotopic (exact) mass is 397 g/mol. The number of carbonyl (C=O) groups is 1. The van der Waals surface area contributed by atoms with Crippen LogP contribution in [0.4, 0.5) is 5.95 Å². The first kappa shape index (κ1) is 17.0. The lowest BCUT2D eigenvalue weighted by Gasteiger charge is -2.09. The molecular formula is C18H16BrN5O. The van der Waals surface area contributed by atoms with Crippen LogP contribution >= 0.6 is 15.9 Å². The normalized spacial score (nSPS) is 10.4. The third-order valence-electron chi connectivity index (χ3n) is 3.51. The molecule has 0 fully saturated rings. The number of pyridine rings is 1. The highest BCUT2D eigenvalue weighted by molar-refractivity contribution is 9.10. The Bertz CT molecular complexity index is 868. The van der Waals surface area contributed by atoms with E-state index in [1.807, 2.05) is 42.5 Å². The molecule has 126 valence electrons. The van der Waals surface area contributed by atoms with Crippen LogP contribution in [0.3, 0.4) is 0 Å². The predicted octanol–water partition coefficient (Wildman–Crippen LogP) is 3.05. The van der Waals surface area contributed by atoms with Gasteiger partial charge in [-0.1, -0.05) is 34.1 Å². The van der Waals surface area contributed by atoms with Crippen LogP contribution in [0, 0.1) is 0 Å². The van der Waals surface area contributed by atoms with Crippen molar-refractivity contribution >= 4 is 27.8 Å². The molecule has 0 bridgehead atoms. The lowest BCUT2D eigenvalue weighted by molar-refractivity contribution is 0.0995. The average Bonchev–Trinajstić information content (AvgIpc) is 2.63. The summed E-state index contributed by atoms with van der Waals surface area (Å²) in [6.07, 6.45) is 2.48. The Morgan fingerprint density at radius 2 is 1.92 bits per heavy atom. The lowest BCUT2D eigenvalue weighted by Crippen LogP contribution is -2.16. The number of anilines is 1. The van der Waals surface area contributed by atoms with Crippen LogP contribution in [0.1, 0.15) is 16.2 Å². The number of halogens is 1. The van der Waals surface area contributed by atoms with Crippen LogP contribution in [0.15, 0.2) is 59.2 Å². The number of nitrogens with one attached hydrogen (secondary N) is 1. The first-order valence-electron chi connectivity index (χ1n) is 7.70. The lowest BCUT2D eigenvalue weighted by atomic mass is 10.1. The molecule has 0 aliphatic rings. The summed E-state index contributed by atoms with van der Waals surface area (Å²) in [4.78, 5) is 24.5. The topological polar surface area (TPSA) is 93.8 Å². The van der Waals surface area contributed by atoms with E-state index in [0.29, 0.717) is 18.2 Å². The number of aromatic nitrogens is 3. The van der Waals surface area contributed by atoms with Gasteiger partial charge in [0.2, 0.25) is 5.95 Å². The predicted molar refractivity (Wildman–Crippen MR) is 100 cm³/mol. The van der Waals surface area contributed by atoms with E-state index in [1.165, 1.54) is 0 Å². The Balaban J connectivity index is 1.80. The third-order valence-corrected chi connectivity index (χ3v) is 4.04. The zero-order valence-corrected chi connectivity index (χ0v) is 14.9. The van der Waals surface area contributed by atoms with Crippen molar-refractivity contribution in [2.45, 2.75) is 6.42 Å². The molecule has 25 heavy (non-hydrogen) atoms. The van der Waals surface area contributed by atoms with Gasteiger partial charge in [0.1, 0.15) is 5.69 Å². The minimum Gasteiger partial charge on any atom is -0.364 e. The molecule has 0 saturated heterocycles. The van der Waals surface area contributed by atoms with Gasteiger partial charge in [0.15, 0.2) is 0 Å². The molecule has 7 heteroatoms. The van der Waals surface area contributed by atoms with Gasteiger partial charge >= 0.3 is 0 Å². The molecule has 6 nitrogen and oxygen atoms in total. The molecular weight excluding hydrogens is 382 g/mol. The maximum absolute atomic E-state index is 11.6. The molecule has 0 atom stereocenters. The van der Waals surface area contributed by atoms with Crippen molar-refractivity contribution < 1.29 is 4.79 Å². The van der Waals surface area contributed by atoms with E-state index in [1.54, 1.807) is 12.3 Å². The van der Waals surface area contributed by atoms with Crippen molar-refractivity contribution in [2.75, 3.05) is 11.9 Å². The van der Waals surface area contributed by atoms with Crippen LogP contribution < -0.4 is 11.1 Å². The Morgan fingerprint density at radius 3 is 2.60 bits per heavy atom. The number of nitrogens with two attached hydrogens (primary N) is 1. The number of amides is 1. The molecule has 3 aromatic rings. The summed E-state index contributed by atoms with van der Waals surface area (Å²) in [6.45, 7) is 0.596. The molecule has 2 heterocycles. The Hall–Kier alpha value is -2.80. The summed E-state index contributed by atoms with van der Waals surface area (Å²) >= 11 is 3.40. The number of rotatable bonds is 6. The number of primary amides is 1. The molecule has 1 amide bonds. The van der Waals surface area contributed by atoms with Crippen LogP contribution in [0.25, 0.3) is 11.3 Å². The number of carbonyl (C=O) groups excluding carboxylic acids is 1. The van der Waals surface area contributed by atoms with Gasteiger partial charge in [-0.05, 0) is 30.3 Å². The number of nitrogens with zero attached hydrogens (tertiary/aromatic N) is 3. The van der Waals surface area contributed by atoms with E-state index in [2.05, 4.69) is 36.2 Å². The first-order valence-corrected chi connectivity index (χ1v) is 8.50. The molecule has 1 aromatic carbocycles. The van der Waals surface area contributed by atoms with Gasteiger partial charge in [-0.2, -0.15) is 0 Å². The molecule has 0 spiro atoms. The van der Waals surface area contributed by atoms with Crippen LogP contribution in [-0.2, 0) is 6.42 Å². The van der Waals surface area contributed by atoms with Crippen molar-refractivity contribution in [2.24, 2.45) is 5.73 Å². The smallest absolute Gasteiger partial charge is 0.267 e. The molecule has 3 rings (SSSR count). The summed E-state index contributed by atoms with van der Waals surface area (Å²) in [7, 11) is 0. The van der Waals surface area contributed by atoms with Gasteiger partial charge < -0.3 is 11.1 Å². The first-order chi connectivity index (χ1) is 12.1. The fraction of sp³-hybridized carbons (Fsp3) is 0.111. The second kappa shape index (κ2) is 7.85. The highest BCUT2D eigenvalue weighted by Gasteiger charge is 2.10. The fourth-order valence-electron chi connectivity index (χ4n) is 2.27. The fourth-order valence-corrected chi connectivity index (χ4v) is 2.53. The highest BCUT2D eigenvalue weighted by Crippen LogP contribution is 2.21. The van der Waals surface area contributed by atoms with Crippen molar-refractivity contribution in [3.63, 3.8) is 0 Å². The molecule has 2 aromatic heterocycles. The molecule has 0 unspecified atom stereocenters. The maximum Gasteiger partial charge on any atom is 0.267 e. The zero-order valence-electron chi connectivity index (χ0n) is 13.3. The minimum absolute atomic E-state index is 0.174. The maximum atomic E-state index is 11.6. The second-order valence-electron chi connectivity index (χ2n) is 5.33. The number of benzene rings is 1. The Morgan fingerprint density at radius 1 is 1.12 bits per heavy atom. The van der Waals surface area contributed by atoms with E-state index in [9.17, 15) is 4.79 Å². The number of hydrogen-bond acceptors (Lipinski definition) is 5. The van der Waals surface area contributed by atoms with Gasteiger partial charge in [0.05, 0.1) is 5.69 Å². The van der Waals surface area contributed by atoms with Gasteiger partial charge in [-0.25, -0.2) is 9.97 Å². The summed E-state index contributed by atoms with van der Waals surface area (Å²) in [5, 5.41) is 3.13. The SMILES string of the molecule is NC(=O)c1cc(-c2ccc(Br)cc2)nc(NCCc2ccccn2)n1. The summed E-state index contributed by atoms with van der Waals surface area (Å²) in [5.74, 6) is -0.223. The van der Waals surface area contributed by atoms with Crippen molar-refractivity contribution in [3.8, 4) is 11.3 Å². The zero-order chi connectivity index (χ0) is 17.6. The van der Waals surface area contributed by atoms with Crippen molar-refractivity contribution in [1.82, 2.24) is 15.0 Å². The molecule has 0 aliphatic heterocycles. The largest absolute Gasteiger partial charge is 0.364 e. The van der Waals surface area contributed by atoms with E-state index in [4.69, 9.17) is 5.73 Å². The van der Waals surface area contributed by atoms with Crippen LogP contribution in [0.5, 0.6) is 0 Å². The second-order valence-corrected chi connectivity index (χ2v) is 6.25. The third kappa shape index (κ3) is 4.60. The quantitative estimate of drug-likeness (QED) is 0.666. The van der Waals surface area contributed by atoms with Gasteiger partial charge in [0.25, 0.3) is 5.91 Å². The highest BCUT2D eigenvalue weighted by atomic mass is 79.9. The summed E-state index contributed by atoms with van der Waals surface area (Å²) in [5.41, 5.74) is 8.05. The van der Waals surface area contributed by atoms with E-state index in [-0.39, 0.29) is 5.69 Å². The average molecular weight is 398 g/mol. The van der Waals surface area contributed by atoms with Crippen molar-refractivity contribution in [3.05, 3.63) is 70.6 Å². The van der Waals surface area contributed by atoms with Gasteiger partial charge in [-0.15, -0.1) is 0 Å². The van der Waals surface area contributed by atoms with Crippen LogP contribution in [-0.4, -0.2) is 27.4 Å². The Kier molecular flexibility index (Phi) is 5.35. The molecule has 0 radical (unpaired) electrons. The summed E-state index contributed by atoms with van der Waals surface area (Å²) < 4.78 is 0.967. The van der Waals surface area contributed by atoms with Gasteiger partial charge in [-0.3, -0.25) is 9.78 Å². The van der Waals surface area contributed by atoms with Crippen LogP contribution in [0.2, 0.25) is 0 Å². The molecule has 3 N–H and O–H groups in total. The number of hydrogen-bond donors (Lipinski definition) is 2. The van der Waals surface area contributed by atoms with E-state index in [0.717, 1.165) is 22.2 Å². The van der Waals surface area contributed by atoms with Crippen molar-refractivity contribution in [1.29, 1.82) is 0 Å². The standard InChI is InChI=1S/C18H16BrN5O/c19-13-6-4-12(5-7-13)15-11-16(17(20)25)24-18(23-15)22-10-8-14-3-1-2-9-21-14/h1-7,9,11H,8,10H2,(H2,20,25)(H,22,23,24). The Labute approximate surface area is 153 Å². The molecule has 0 saturated carbocycles. The minimum atomic E-state index is -0.589. The van der Waals surface area contributed by atoms with E-state index >= 15 is 0 Å².